The van der Waals surface area contributed by atoms with Crippen LogP contribution in [0.2, 0.25) is 0 Å². The molecule has 3 aliphatic rings. The number of nitrogens with zero attached hydrogens (tertiary/aromatic N) is 5. The number of rotatable bonds is 9. The van der Waals surface area contributed by atoms with Gasteiger partial charge < -0.3 is 24.8 Å². The number of carbonyl (C=O) groups excluding carboxylic acids is 2. The molecule has 2 aromatic heterocycles. The first-order chi connectivity index (χ1) is 21.1. The van der Waals surface area contributed by atoms with Crippen molar-refractivity contribution >= 4 is 17.5 Å². The highest BCUT2D eigenvalue weighted by atomic mass is 19.4. The van der Waals surface area contributed by atoms with Gasteiger partial charge in [0.15, 0.2) is 5.69 Å². The maximum atomic E-state index is 13.7. The van der Waals surface area contributed by atoms with E-state index in [0.29, 0.717) is 67.2 Å². The van der Waals surface area contributed by atoms with E-state index in [1.54, 1.807) is 12.3 Å². The molecule has 2 saturated heterocycles. The normalized spacial score (nSPS) is 23.3. The number of carbonyl (C=O) groups is 2. The summed E-state index contributed by atoms with van der Waals surface area (Å²) in [6.07, 6.45) is -1.27. The van der Waals surface area contributed by atoms with Crippen molar-refractivity contribution in [1.82, 2.24) is 25.1 Å². The van der Waals surface area contributed by atoms with Gasteiger partial charge in [0, 0.05) is 63.3 Å². The van der Waals surface area contributed by atoms with E-state index in [0.717, 1.165) is 19.5 Å². The average molecular weight is 617 g/mol. The number of halogens is 3. The largest absolute Gasteiger partial charge is 0.477 e. The van der Waals surface area contributed by atoms with Crippen LogP contribution in [0, 0.1) is 17.8 Å². The number of pyridine rings is 2. The van der Waals surface area contributed by atoms with Gasteiger partial charge >= 0.3 is 6.18 Å². The molecular weight excluding hydrogens is 573 g/mol. The third-order valence-electron chi connectivity index (χ3n) is 9.22. The Labute approximate surface area is 257 Å². The molecule has 9 nitrogen and oxygen atoms in total. The van der Waals surface area contributed by atoms with E-state index in [9.17, 15) is 22.8 Å². The Bertz CT molecular complexity index is 1310. The summed E-state index contributed by atoms with van der Waals surface area (Å²) in [5.74, 6) is -1.16. The van der Waals surface area contributed by atoms with Crippen LogP contribution in [-0.2, 0) is 4.79 Å². The summed E-state index contributed by atoms with van der Waals surface area (Å²) < 4.78 is 45.2. The molecular formula is C32H43F3N6O3. The molecule has 44 heavy (non-hydrogen) atoms. The van der Waals surface area contributed by atoms with E-state index in [1.165, 1.54) is 0 Å². The van der Waals surface area contributed by atoms with Crippen molar-refractivity contribution in [2.75, 3.05) is 57.8 Å². The Morgan fingerprint density at radius 1 is 1.05 bits per heavy atom. The molecule has 5 rings (SSSR count). The SMILES string of the molecule is CCOc1ncccc1-c1ccc(N2CCN(C(=O)C3CCC(C(F)(F)F)CC3)C[C@H]2CC)c(C(=O)NCC2CN(C)C2)n1. The van der Waals surface area contributed by atoms with Crippen molar-refractivity contribution in [3.8, 4) is 17.1 Å². The van der Waals surface area contributed by atoms with E-state index in [2.05, 4.69) is 20.1 Å². The van der Waals surface area contributed by atoms with Crippen molar-refractivity contribution < 1.29 is 27.5 Å². The third-order valence-corrected chi connectivity index (χ3v) is 9.22. The quantitative estimate of drug-likeness (QED) is 0.440. The molecule has 0 unspecified atom stereocenters. The van der Waals surface area contributed by atoms with Gasteiger partial charge in [0.25, 0.3) is 5.91 Å². The number of amides is 2. The predicted octanol–water partition coefficient (Wildman–Crippen LogP) is 4.63. The Morgan fingerprint density at radius 3 is 2.45 bits per heavy atom. The first-order valence-corrected chi connectivity index (χ1v) is 15.8. The Kier molecular flexibility index (Phi) is 9.97. The van der Waals surface area contributed by atoms with Crippen molar-refractivity contribution in [3.05, 3.63) is 36.2 Å². The monoisotopic (exact) mass is 616 g/mol. The van der Waals surface area contributed by atoms with E-state index in [4.69, 9.17) is 9.72 Å². The van der Waals surface area contributed by atoms with Crippen LogP contribution in [0.3, 0.4) is 0 Å². The molecule has 4 heterocycles. The van der Waals surface area contributed by atoms with Crippen molar-refractivity contribution in [2.45, 2.75) is 58.2 Å². The number of piperazine rings is 1. The second kappa shape index (κ2) is 13.7. The summed E-state index contributed by atoms with van der Waals surface area (Å²) in [6.45, 7) is 8.16. The van der Waals surface area contributed by atoms with Crippen LogP contribution in [0.5, 0.6) is 5.88 Å². The molecule has 0 aromatic carbocycles. The molecule has 12 heteroatoms. The maximum absolute atomic E-state index is 13.7. The minimum absolute atomic E-state index is 0.00660. The minimum atomic E-state index is -4.20. The van der Waals surface area contributed by atoms with Crippen LogP contribution in [-0.4, -0.2) is 96.7 Å². The van der Waals surface area contributed by atoms with Crippen LogP contribution in [0.4, 0.5) is 18.9 Å². The zero-order valence-corrected chi connectivity index (χ0v) is 25.8. The fourth-order valence-corrected chi connectivity index (χ4v) is 6.76. The number of alkyl halides is 3. The van der Waals surface area contributed by atoms with Crippen molar-refractivity contribution in [3.63, 3.8) is 0 Å². The van der Waals surface area contributed by atoms with Crippen LogP contribution in [0.15, 0.2) is 30.5 Å². The molecule has 240 valence electrons. The van der Waals surface area contributed by atoms with Crippen LogP contribution in [0.1, 0.15) is 56.4 Å². The summed E-state index contributed by atoms with van der Waals surface area (Å²) in [6, 6.07) is 7.38. The van der Waals surface area contributed by atoms with Gasteiger partial charge in [-0.15, -0.1) is 0 Å². The van der Waals surface area contributed by atoms with E-state index >= 15 is 0 Å². The third kappa shape index (κ3) is 7.11. The van der Waals surface area contributed by atoms with E-state index < -0.39 is 12.1 Å². The standard InChI is InChI=1S/C32H43F3N6O3/c1-4-24-20-40(31(43)22-8-10-23(11-9-22)32(33,34)35)15-16-41(24)27-13-12-26(25-7-6-14-36-30(25)44-5-2)38-28(27)29(42)37-17-21-18-39(3)19-21/h6-7,12-14,21-24H,4-5,8-11,15-20H2,1-3H3,(H,37,42)/t22?,23?,24-/m1/s1. The average Bonchev–Trinajstić information content (AvgIpc) is 3.01. The lowest BCUT2D eigenvalue weighted by Gasteiger charge is -2.44. The summed E-state index contributed by atoms with van der Waals surface area (Å²) in [4.78, 5) is 42.5. The van der Waals surface area contributed by atoms with Gasteiger partial charge in [0.1, 0.15) is 0 Å². The van der Waals surface area contributed by atoms with E-state index in [-0.39, 0.29) is 49.5 Å². The lowest BCUT2D eigenvalue weighted by atomic mass is 9.81. The highest BCUT2D eigenvalue weighted by molar-refractivity contribution is 5.98. The number of likely N-dealkylation sites (tertiary alicyclic amines) is 1. The predicted molar refractivity (Wildman–Crippen MR) is 161 cm³/mol. The van der Waals surface area contributed by atoms with Crippen LogP contribution < -0.4 is 15.0 Å². The number of nitrogens with one attached hydrogen (secondary N) is 1. The number of anilines is 1. The lowest BCUT2D eigenvalue weighted by molar-refractivity contribution is -0.185. The Hall–Kier alpha value is -3.41. The minimum Gasteiger partial charge on any atom is -0.477 e. The number of aromatic nitrogens is 2. The Balaban J connectivity index is 1.35. The van der Waals surface area contributed by atoms with E-state index in [1.807, 2.05) is 44.0 Å². The molecule has 1 atom stereocenters. The second-order valence-electron chi connectivity index (χ2n) is 12.3. The molecule has 1 N–H and O–H groups in total. The smallest absolute Gasteiger partial charge is 0.391 e. The maximum Gasteiger partial charge on any atom is 0.391 e. The zero-order valence-electron chi connectivity index (χ0n) is 25.8. The molecule has 0 radical (unpaired) electrons. The number of hydrogen-bond donors (Lipinski definition) is 1. The van der Waals surface area contributed by atoms with Crippen LogP contribution in [0.25, 0.3) is 11.3 Å². The first-order valence-electron chi connectivity index (χ1n) is 15.8. The summed E-state index contributed by atoms with van der Waals surface area (Å²) in [5, 5.41) is 3.09. The van der Waals surface area contributed by atoms with Crippen LogP contribution >= 0.6 is 0 Å². The molecule has 1 aliphatic carbocycles. The molecule has 0 spiro atoms. The van der Waals surface area contributed by atoms with Crippen molar-refractivity contribution in [2.24, 2.45) is 17.8 Å². The van der Waals surface area contributed by atoms with Gasteiger partial charge in [-0.1, -0.05) is 6.92 Å². The lowest BCUT2D eigenvalue weighted by Crippen LogP contribution is -2.56. The molecule has 0 bridgehead atoms. The first kappa shape index (κ1) is 32.0. The summed E-state index contributed by atoms with van der Waals surface area (Å²) >= 11 is 0. The molecule has 3 fully saturated rings. The number of ether oxygens (including phenoxy) is 1. The number of hydrogen-bond acceptors (Lipinski definition) is 7. The van der Waals surface area contributed by atoms with Gasteiger partial charge in [-0.3, -0.25) is 9.59 Å². The molecule has 1 saturated carbocycles. The summed E-state index contributed by atoms with van der Waals surface area (Å²) in [5.41, 5.74) is 2.28. The second-order valence-corrected chi connectivity index (χ2v) is 12.3. The topological polar surface area (TPSA) is 90.9 Å². The van der Waals surface area contributed by atoms with Crippen molar-refractivity contribution in [1.29, 1.82) is 0 Å². The van der Waals surface area contributed by atoms with Gasteiger partial charge in [0.2, 0.25) is 11.8 Å². The fraction of sp³-hybridized carbons (Fsp3) is 0.625. The van der Waals surface area contributed by atoms with Gasteiger partial charge in [-0.25, -0.2) is 9.97 Å². The molecule has 2 aliphatic heterocycles. The highest BCUT2D eigenvalue weighted by Crippen LogP contribution is 2.40. The highest BCUT2D eigenvalue weighted by Gasteiger charge is 2.43. The summed E-state index contributed by atoms with van der Waals surface area (Å²) in [7, 11) is 2.05. The van der Waals surface area contributed by atoms with Gasteiger partial charge in [-0.05, 0) is 70.3 Å². The van der Waals surface area contributed by atoms with Gasteiger partial charge in [0.05, 0.1) is 29.5 Å². The molecule has 2 amide bonds. The fourth-order valence-electron chi connectivity index (χ4n) is 6.76. The zero-order chi connectivity index (χ0) is 31.4. The van der Waals surface area contributed by atoms with Gasteiger partial charge in [-0.2, -0.15) is 13.2 Å². The Morgan fingerprint density at radius 2 is 1.80 bits per heavy atom. The molecule has 2 aromatic rings.